The number of hydrogen-bond acceptors (Lipinski definition) is 2. The van der Waals surface area contributed by atoms with E-state index in [0.29, 0.717) is 5.92 Å². The van der Waals surface area contributed by atoms with Gasteiger partial charge in [0, 0.05) is 12.2 Å². The largest absolute Gasteiger partial charge is 0.496 e. The second-order valence-corrected chi connectivity index (χ2v) is 5.02. The summed E-state index contributed by atoms with van der Waals surface area (Å²) in [5, 5.41) is 3.48. The first kappa shape index (κ1) is 12.1. The van der Waals surface area contributed by atoms with Crippen LogP contribution in [0.4, 0.5) is 5.69 Å². The van der Waals surface area contributed by atoms with Gasteiger partial charge in [0.05, 0.1) is 7.11 Å². The lowest BCUT2D eigenvalue weighted by Gasteiger charge is -2.27. The minimum absolute atomic E-state index is 0.578. The predicted molar refractivity (Wildman–Crippen MR) is 79.0 cm³/mol. The lowest BCUT2D eigenvalue weighted by molar-refractivity contribution is 0.407. The van der Waals surface area contributed by atoms with Gasteiger partial charge in [0.15, 0.2) is 0 Å². The van der Waals surface area contributed by atoms with Gasteiger partial charge in [-0.2, -0.15) is 0 Å². The molecule has 2 heteroatoms. The highest BCUT2D eigenvalue weighted by Crippen LogP contribution is 2.35. The van der Waals surface area contributed by atoms with E-state index in [2.05, 4.69) is 41.7 Å². The Morgan fingerprint density at radius 1 is 1.11 bits per heavy atom. The molecule has 1 unspecified atom stereocenters. The van der Waals surface area contributed by atoms with Crippen LogP contribution in [-0.2, 0) is 6.42 Å². The van der Waals surface area contributed by atoms with Crippen LogP contribution in [0.2, 0.25) is 0 Å². The number of rotatable bonds is 3. The van der Waals surface area contributed by atoms with Gasteiger partial charge in [-0.3, -0.25) is 0 Å². The lowest BCUT2D eigenvalue weighted by Crippen LogP contribution is -2.18. The zero-order chi connectivity index (χ0) is 13.1. The molecule has 1 heterocycles. The Morgan fingerprint density at radius 2 is 1.89 bits per heavy atom. The summed E-state index contributed by atoms with van der Waals surface area (Å²) in [5.74, 6) is 1.58. The third kappa shape index (κ3) is 2.43. The fourth-order valence-corrected chi connectivity index (χ4v) is 2.90. The zero-order valence-corrected chi connectivity index (χ0v) is 11.2. The lowest BCUT2D eigenvalue weighted by atomic mass is 9.86. The minimum Gasteiger partial charge on any atom is -0.496 e. The Morgan fingerprint density at radius 3 is 2.79 bits per heavy atom. The summed E-state index contributed by atoms with van der Waals surface area (Å²) >= 11 is 0. The Hall–Kier alpha value is -1.96. The van der Waals surface area contributed by atoms with Gasteiger partial charge in [0.25, 0.3) is 0 Å². The quantitative estimate of drug-likeness (QED) is 0.897. The second kappa shape index (κ2) is 5.35. The van der Waals surface area contributed by atoms with Gasteiger partial charge in [-0.15, -0.1) is 0 Å². The maximum absolute atomic E-state index is 5.46. The van der Waals surface area contributed by atoms with Gasteiger partial charge in [0.2, 0.25) is 0 Å². The molecule has 0 saturated heterocycles. The van der Waals surface area contributed by atoms with E-state index in [4.69, 9.17) is 4.74 Å². The van der Waals surface area contributed by atoms with Crippen molar-refractivity contribution in [3.8, 4) is 5.75 Å². The molecule has 3 rings (SSSR count). The monoisotopic (exact) mass is 253 g/mol. The normalized spacial score (nSPS) is 17.4. The SMILES string of the molecule is COc1ccccc1CC1CCNc2ccccc21. The van der Waals surface area contributed by atoms with E-state index in [1.165, 1.54) is 23.2 Å². The van der Waals surface area contributed by atoms with E-state index in [-0.39, 0.29) is 0 Å². The van der Waals surface area contributed by atoms with Crippen molar-refractivity contribution in [2.24, 2.45) is 0 Å². The fraction of sp³-hybridized carbons (Fsp3) is 0.294. The molecule has 1 aliphatic heterocycles. The number of ether oxygens (including phenoxy) is 1. The number of hydrogen-bond donors (Lipinski definition) is 1. The molecule has 19 heavy (non-hydrogen) atoms. The molecule has 2 nitrogen and oxygen atoms in total. The van der Waals surface area contributed by atoms with Gasteiger partial charge >= 0.3 is 0 Å². The molecule has 1 atom stereocenters. The number of para-hydroxylation sites is 2. The highest BCUT2D eigenvalue weighted by molar-refractivity contribution is 5.55. The molecule has 0 aromatic heterocycles. The average molecular weight is 253 g/mol. The number of fused-ring (bicyclic) bond motifs is 1. The van der Waals surface area contributed by atoms with Crippen LogP contribution < -0.4 is 10.1 Å². The van der Waals surface area contributed by atoms with Crippen molar-refractivity contribution < 1.29 is 4.74 Å². The molecule has 1 aliphatic rings. The molecule has 0 bridgehead atoms. The maximum atomic E-state index is 5.46. The molecule has 0 amide bonds. The van der Waals surface area contributed by atoms with Crippen LogP contribution >= 0.6 is 0 Å². The molecule has 0 radical (unpaired) electrons. The van der Waals surface area contributed by atoms with Crippen LogP contribution in [0.5, 0.6) is 5.75 Å². The fourth-order valence-electron chi connectivity index (χ4n) is 2.90. The van der Waals surface area contributed by atoms with Crippen LogP contribution in [0.1, 0.15) is 23.5 Å². The summed E-state index contributed by atoms with van der Waals surface area (Å²) in [6, 6.07) is 17.0. The van der Waals surface area contributed by atoms with Crippen molar-refractivity contribution in [3.63, 3.8) is 0 Å². The van der Waals surface area contributed by atoms with Crippen molar-refractivity contribution in [3.05, 3.63) is 59.7 Å². The number of methoxy groups -OCH3 is 1. The summed E-state index contributed by atoms with van der Waals surface area (Å²) in [6.07, 6.45) is 2.22. The van der Waals surface area contributed by atoms with E-state index in [1.807, 2.05) is 12.1 Å². The topological polar surface area (TPSA) is 21.3 Å². The first-order valence-electron chi connectivity index (χ1n) is 6.83. The Bertz CT molecular complexity index is 565. The van der Waals surface area contributed by atoms with Crippen LogP contribution in [0.15, 0.2) is 48.5 Å². The third-order valence-electron chi connectivity index (χ3n) is 3.87. The number of nitrogens with one attached hydrogen (secondary N) is 1. The molecule has 0 spiro atoms. The predicted octanol–water partition coefficient (Wildman–Crippen LogP) is 3.84. The molecule has 0 fully saturated rings. The first-order valence-corrected chi connectivity index (χ1v) is 6.83. The minimum atomic E-state index is 0.578. The zero-order valence-electron chi connectivity index (χ0n) is 11.2. The van der Waals surface area contributed by atoms with Crippen molar-refractivity contribution in [1.82, 2.24) is 0 Å². The highest BCUT2D eigenvalue weighted by atomic mass is 16.5. The van der Waals surface area contributed by atoms with E-state index < -0.39 is 0 Å². The Balaban J connectivity index is 1.88. The average Bonchev–Trinajstić information content (AvgIpc) is 2.48. The van der Waals surface area contributed by atoms with Crippen LogP contribution in [0, 0.1) is 0 Å². The molecule has 0 aliphatic carbocycles. The van der Waals surface area contributed by atoms with Crippen molar-refractivity contribution >= 4 is 5.69 Å². The number of benzene rings is 2. The summed E-state index contributed by atoms with van der Waals surface area (Å²) in [7, 11) is 1.75. The van der Waals surface area contributed by atoms with Crippen molar-refractivity contribution in [2.75, 3.05) is 19.0 Å². The highest BCUT2D eigenvalue weighted by Gasteiger charge is 2.20. The van der Waals surface area contributed by atoms with Gasteiger partial charge in [-0.1, -0.05) is 36.4 Å². The Labute approximate surface area is 114 Å². The standard InChI is InChI=1S/C17H19NO/c1-19-17-9-5-2-6-14(17)12-13-10-11-18-16-8-4-3-7-15(13)16/h2-9,13,18H,10-12H2,1H3. The smallest absolute Gasteiger partial charge is 0.122 e. The van der Waals surface area contributed by atoms with Gasteiger partial charge < -0.3 is 10.1 Å². The van der Waals surface area contributed by atoms with Crippen molar-refractivity contribution in [2.45, 2.75) is 18.8 Å². The van der Waals surface area contributed by atoms with Crippen LogP contribution in [0.3, 0.4) is 0 Å². The molecular weight excluding hydrogens is 234 g/mol. The van der Waals surface area contributed by atoms with Crippen molar-refractivity contribution in [1.29, 1.82) is 0 Å². The molecule has 2 aromatic carbocycles. The van der Waals surface area contributed by atoms with E-state index in [1.54, 1.807) is 7.11 Å². The van der Waals surface area contributed by atoms with Gasteiger partial charge in [-0.05, 0) is 42.0 Å². The molecule has 0 saturated carbocycles. The van der Waals surface area contributed by atoms with Crippen LogP contribution in [0.25, 0.3) is 0 Å². The van der Waals surface area contributed by atoms with E-state index in [0.717, 1.165) is 18.7 Å². The molecular formula is C17H19NO. The summed E-state index contributed by atoms with van der Waals surface area (Å²) < 4.78 is 5.46. The molecule has 2 aromatic rings. The third-order valence-corrected chi connectivity index (χ3v) is 3.87. The Kier molecular flexibility index (Phi) is 3.41. The maximum Gasteiger partial charge on any atom is 0.122 e. The summed E-state index contributed by atoms with van der Waals surface area (Å²) in [6.45, 7) is 1.05. The molecule has 98 valence electrons. The van der Waals surface area contributed by atoms with E-state index in [9.17, 15) is 0 Å². The van der Waals surface area contributed by atoms with Crippen LogP contribution in [-0.4, -0.2) is 13.7 Å². The first-order chi connectivity index (χ1) is 9.38. The summed E-state index contributed by atoms with van der Waals surface area (Å²) in [5.41, 5.74) is 4.01. The molecule has 1 N–H and O–H groups in total. The van der Waals surface area contributed by atoms with Gasteiger partial charge in [0.1, 0.15) is 5.75 Å². The van der Waals surface area contributed by atoms with Gasteiger partial charge in [-0.25, -0.2) is 0 Å². The van der Waals surface area contributed by atoms with E-state index >= 15 is 0 Å². The number of anilines is 1. The second-order valence-electron chi connectivity index (χ2n) is 5.02. The summed E-state index contributed by atoms with van der Waals surface area (Å²) in [4.78, 5) is 0.